The molecule has 0 aromatic heterocycles. The fourth-order valence-electron chi connectivity index (χ4n) is 2.16. The first-order chi connectivity index (χ1) is 9.24. The largest absolute Gasteiger partial charge is 0.398 e. The summed E-state index contributed by atoms with van der Waals surface area (Å²) in [5.74, 6) is 0.562. The molecule has 1 aliphatic rings. The van der Waals surface area contributed by atoms with E-state index in [2.05, 4.69) is 17.4 Å². The van der Waals surface area contributed by atoms with Crippen LogP contribution in [-0.4, -0.2) is 5.91 Å². The molecular weight excluding hydrogens is 236 g/mol. The fourth-order valence-corrected chi connectivity index (χ4v) is 2.16. The number of hydrogen-bond acceptors (Lipinski definition) is 2. The summed E-state index contributed by atoms with van der Waals surface area (Å²) in [5, 5.41) is 2.87. The molecular formula is C16H16N2O. The van der Waals surface area contributed by atoms with Gasteiger partial charge < -0.3 is 11.1 Å². The van der Waals surface area contributed by atoms with Crippen LogP contribution in [-0.2, 0) is 0 Å². The number of carbonyl (C=O) groups excluding carboxylic acids is 1. The highest BCUT2D eigenvalue weighted by molar-refractivity contribution is 6.07. The number of anilines is 2. The molecule has 1 amide bonds. The minimum Gasteiger partial charge on any atom is -0.398 e. The third-order valence-corrected chi connectivity index (χ3v) is 3.42. The van der Waals surface area contributed by atoms with E-state index in [4.69, 9.17) is 5.73 Å². The van der Waals surface area contributed by atoms with Crippen LogP contribution in [0.4, 0.5) is 11.4 Å². The van der Waals surface area contributed by atoms with E-state index in [0.717, 1.165) is 11.6 Å². The summed E-state index contributed by atoms with van der Waals surface area (Å²) in [6.45, 7) is 0. The number of amides is 1. The van der Waals surface area contributed by atoms with Gasteiger partial charge in [-0.25, -0.2) is 0 Å². The van der Waals surface area contributed by atoms with Crippen LogP contribution in [0.1, 0.15) is 34.7 Å². The SMILES string of the molecule is Nc1ccccc1C(=O)Nc1ccc(C2CC2)cc1. The quantitative estimate of drug-likeness (QED) is 0.822. The summed E-state index contributed by atoms with van der Waals surface area (Å²) < 4.78 is 0. The lowest BCUT2D eigenvalue weighted by molar-refractivity contribution is 0.102. The van der Waals surface area contributed by atoms with Crippen LogP contribution in [0, 0.1) is 0 Å². The summed E-state index contributed by atoms with van der Waals surface area (Å²) in [4.78, 5) is 12.1. The van der Waals surface area contributed by atoms with Crippen molar-refractivity contribution in [1.29, 1.82) is 0 Å². The zero-order valence-corrected chi connectivity index (χ0v) is 10.6. The average molecular weight is 252 g/mol. The lowest BCUT2D eigenvalue weighted by Gasteiger charge is -2.08. The minimum atomic E-state index is -0.169. The van der Waals surface area contributed by atoms with E-state index in [-0.39, 0.29) is 5.91 Å². The second-order valence-electron chi connectivity index (χ2n) is 4.94. The molecule has 3 nitrogen and oxygen atoms in total. The normalized spacial score (nSPS) is 14.1. The van der Waals surface area contributed by atoms with Gasteiger partial charge in [0.15, 0.2) is 0 Å². The number of carbonyl (C=O) groups is 1. The number of hydrogen-bond donors (Lipinski definition) is 2. The highest BCUT2D eigenvalue weighted by Gasteiger charge is 2.23. The van der Waals surface area contributed by atoms with Crippen molar-refractivity contribution in [3.05, 3.63) is 59.7 Å². The Morgan fingerprint density at radius 3 is 2.37 bits per heavy atom. The molecule has 96 valence electrons. The Balaban J connectivity index is 1.74. The molecule has 2 aromatic carbocycles. The van der Waals surface area contributed by atoms with E-state index >= 15 is 0 Å². The number of benzene rings is 2. The van der Waals surface area contributed by atoms with Crippen molar-refractivity contribution in [1.82, 2.24) is 0 Å². The first-order valence-electron chi connectivity index (χ1n) is 6.50. The van der Waals surface area contributed by atoms with Gasteiger partial charge in [0.25, 0.3) is 5.91 Å². The van der Waals surface area contributed by atoms with E-state index in [0.29, 0.717) is 11.3 Å². The van der Waals surface area contributed by atoms with Gasteiger partial charge in [-0.1, -0.05) is 24.3 Å². The number of nitrogens with one attached hydrogen (secondary N) is 1. The predicted molar refractivity (Wildman–Crippen MR) is 77.2 cm³/mol. The summed E-state index contributed by atoms with van der Waals surface area (Å²) in [6, 6.07) is 15.1. The minimum absolute atomic E-state index is 0.169. The van der Waals surface area contributed by atoms with Crippen molar-refractivity contribution < 1.29 is 4.79 Å². The molecule has 0 unspecified atom stereocenters. The first kappa shape index (κ1) is 11.8. The van der Waals surface area contributed by atoms with E-state index in [1.807, 2.05) is 24.3 Å². The maximum absolute atomic E-state index is 12.1. The molecule has 1 aliphatic carbocycles. The summed E-state index contributed by atoms with van der Waals surface area (Å²) >= 11 is 0. The van der Waals surface area contributed by atoms with Crippen molar-refractivity contribution in [3.63, 3.8) is 0 Å². The molecule has 0 heterocycles. The molecule has 0 radical (unpaired) electrons. The van der Waals surface area contributed by atoms with Gasteiger partial charge in [0, 0.05) is 11.4 Å². The van der Waals surface area contributed by atoms with Gasteiger partial charge in [0.1, 0.15) is 0 Å². The van der Waals surface area contributed by atoms with Crippen molar-refractivity contribution in [2.45, 2.75) is 18.8 Å². The number of para-hydroxylation sites is 1. The summed E-state index contributed by atoms with van der Waals surface area (Å²) in [5.41, 5.74) is 8.95. The molecule has 19 heavy (non-hydrogen) atoms. The maximum atomic E-state index is 12.1. The van der Waals surface area contributed by atoms with Crippen LogP contribution in [0.3, 0.4) is 0 Å². The Bertz CT molecular complexity index is 600. The molecule has 3 rings (SSSR count). The van der Waals surface area contributed by atoms with E-state index in [9.17, 15) is 4.79 Å². The van der Waals surface area contributed by atoms with Crippen molar-refractivity contribution >= 4 is 17.3 Å². The van der Waals surface area contributed by atoms with Crippen LogP contribution in [0.25, 0.3) is 0 Å². The summed E-state index contributed by atoms with van der Waals surface area (Å²) in [6.07, 6.45) is 2.57. The van der Waals surface area contributed by atoms with Gasteiger partial charge in [-0.05, 0) is 48.6 Å². The molecule has 3 heteroatoms. The van der Waals surface area contributed by atoms with E-state index < -0.39 is 0 Å². The van der Waals surface area contributed by atoms with Gasteiger partial charge in [0.05, 0.1) is 5.56 Å². The van der Waals surface area contributed by atoms with Gasteiger partial charge in [0.2, 0.25) is 0 Å². The monoisotopic (exact) mass is 252 g/mol. The van der Waals surface area contributed by atoms with Crippen molar-refractivity contribution in [2.75, 3.05) is 11.1 Å². The van der Waals surface area contributed by atoms with E-state index in [1.165, 1.54) is 18.4 Å². The number of nitrogens with two attached hydrogens (primary N) is 1. The molecule has 1 fully saturated rings. The second kappa shape index (κ2) is 4.76. The van der Waals surface area contributed by atoms with Crippen molar-refractivity contribution in [3.8, 4) is 0 Å². The third-order valence-electron chi connectivity index (χ3n) is 3.42. The summed E-state index contributed by atoms with van der Waals surface area (Å²) in [7, 11) is 0. The van der Waals surface area contributed by atoms with Gasteiger partial charge in [-0.3, -0.25) is 4.79 Å². The molecule has 1 saturated carbocycles. The molecule has 0 spiro atoms. The number of rotatable bonds is 3. The standard InChI is InChI=1S/C16H16N2O/c17-15-4-2-1-3-14(15)16(19)18-13-9-7-12(8-10-13)11-5-6-11/h1-4,7-11H,5-6,17H2,(H,18,19). The average Bonchev–Trinajstić information content (AvgIpc) is 3.24. The molecule has 3 N–H and O–H groups in total. The predicted octanol–water partition coefficient (Wildman–Crippen LogP) is 3.40. The molecule has 0 aliphatic heterocycles. The Hall–Kier alpha value is -2.29. The Morgan fingerprint density at radius 1 is 1.05 bits per heavy atom. The van der Waals surface area contributed by atoms with E-state index in [1.54, 1.807) is 12.1 Å². The Morgan fingerprint density at radius 2 is 1.74 bits per heavy atom. The second-order valence-corrected chi connectivity index (χ2v) is 4.94. The first-order valence-corrected chi connectivity index (χ1v) is 6.50. The van der Waals surface area contributed by atoms with Crippen LogP contribution < -0.4 is 11.1 Å². The van der Waals surface area contributed by atoms with Gasteiger partial charge in [-0.15, -0.1) is 0 Å². The van der Waals surface area contributed by atoms with Gasteiger partial charge >= 0.3 is 0 Å². The van der Waals surface area contributed by atoms with Crippen LogP contribution in [0.5, 0.6) is 0 Å². The van der Waals surface area contributed by atoms with Crippen LogP contribution in [0.15, 0.2) is 48.5 Å². The molecule has 0 saturated heterocycles. The van der Waals surface area contributed by atoms with Crippen LogP contribution >= 0.6 is 0 Å². The number of nitrogen functional groups attached to an aromatic ring is 1. The zero-order valence-electron chi connectivity index (χ0n) is 10.6. The Kier molecular flexibility index (Phi) is 2.95. The topological polar surface area (TPSA) is 55.1 Å². The highest BCUT2D eigenvalue weighted by Crippen LogP contribution is 2.40. The molecule has 0 atom stereocenters. The lowest BCUT2D eigenvalue weighted by Crippen LogP contribution is -2.13. The fraction of sp³-hybridized carbons (Fsp3) is 0.188. The third kappa shape index (κ3) is 2.60. The highest BCUT2D eigenvalue weighted by atomic mass is 16.1. The van der Waals surface area contributed by atoms with Crippen molar-refractivity contribution in [2.24, 2.45) is 0 Å². The Labute approximate surface area is 112 Å². The zero-order chi connectivity index (χ0) is 13.2. The lowest BCUT2D eigenvalue weighted by atomic mass is 10.1. The van der Waals surface area contributed by atoms with Crippen LogP contribution in [0.2, 0.25) is 0 Å². The molecule has 2 aromatic rings. The maximum Gasteiger partial charge on any atom is 0.257 e. The van der Waals surface area contributed by atoms with Gasteiger partial charge in [-0.2, -0.15) is 0 Å². The molecule has 0 bridgehead atoms. The smallest absolute Gasteiger partial charge is 0.257 e.